The van der Waals surface area contributed by atoms with Crippen LogP contribution in [0.5, 0.6) is 0 Å². The molecule has 0 bridgehead atoms. The Morgan fingerprint density at radius 2 is 1.95 bits per heavy atom. The third-order valence-electron chi connectivity index (χ3n) is 2.89. The normalized spacial score (nSPS) is 10.6. The van der Waals surface area contributed by atoms with Gasteiger partial charge in [-0.1, -0.05) is 26.0 Å². The topological polar surface area (TPSA) is 55.0 Å². The largest absolute Gasteiger partial charge is 0.399 e. The minimum Gasteiger partial charge on any atom is -0.399 e. The van der Waals surface area contributed by atoms with Crippen molar-refractivity contribution in [3.8, 4) is 0 Å². The van der Waals surface area contributed by atoms with Gasteiger partial charge in [-0.3, -0.25) is 0 Å². The van der Waals surface area contributed by atoms with Gasteiger partial charge >= 0.3 is 0 Å². The van der Waals surface area contributed by atoms with Gasteiger partial charge in [0, 0.05) is 36.7 Å². The minimum absolute atomic E-state index is 0.801. The van der Waals surface area contributed by atoms with Crippen molar-refractivity contribution in [3.63, 3.8) is 0 Å². The van der Waals surface area contributed by atoms with Gasteiger partial charge in [0.05, 0.1) is 0 Å². The van der Waals surface area contributed by atoms with Gasteiger partial charge in [0.25, 0.3) is 0 Å². The third kappa shape index (κ3) is 3.67. The van der Waals surface area contributed by atoms with E-state index in [1.165, 1.54) is 17.1 Å². The molecular formula is C14H20N4S. The molecule has 0 spiro atoms. The molecule has 5 heteroatoms. The first-order valence-corrected chi connectivity index (χ1v) is 7.42. The first-order chi connectivity index (χ1) is 9.22. The average molecular weight is 276 g/mol. The molecule has 2 N–H and O–H groups in total. The molecule has 0 atom stereocenters. The Morgan fingerprint density at radius 3 is 2.53 bits per heavy atom. The molecule has 4 nitrogen and oxygen atoms in total. The fourth-order valence-electron chi connectivity index (χ4n) is 1.87. The van der Waals surface area contributed by atoms with E-state index in [0.717, 1.165) is 42.6 Å². The lowest BCUT2D eigenvalue weighted by molar-refractivity contribution is 0.761. The highest BCUT2D eigenvalue weighted by Gasteiger charge is 2.11. The lowest BCUT2D eigenvalue weighted by atomic mass is 10.2. The zero-order valence-electron chi connectivity index (χ0n) is 11.5. The molecule has 0 aliphatic rings. The molecule has 2 aromatic rings. The number of aryl methyl sites for hydroxylation is 1. The maximum atomic E-state index is 5.71. The summed E-state index contributed by atoms with van der Waals surface area (Å²) in [6, 6.07) is 8.02. The summed E-state index contributed by atoms with van der Waals surface area (Å²) >= 11 is 1.48. The summed E-state index contributed by atoms with van der Waals surface area (Å²) in [4.78, 5) is 6.85. The Balaban J connectivity index is 2.13. The number of anilines is 2. The van der Waals surface area contributed by atoms with E-state index in [1.54, 1.807) is 0 Å². The molecule has 0 fully saturated rings. The van der Waals surface area contributed by atoms with Gasteiger partial charge in [0.2, 0.25) is 5.13 Å². The number of rotatable bonds is 6. The van der Waals surface area contributed by atoms with Crippen LogP contribution < -0.4 is 10.6 Å². The highest BCUT2D eigenvalue weighted by atomic mass is 32.1. The summed E-state index contributed by atoms with van der Waals surface area (Å²) in [6.45, 7) is 6.10. The smallest absolute Gasteiger partial charge is 0.205 e. The quantitative estimate of drug-likeness (QED) is 0.824. The van der Waals surface area contributed by atoms with Gasteiger partial charge in [-0.25, -0.2) is 4.98 Å². The predicted octanol–water partition coefficient (Wildman–Crippen LogP) is 3.10. The number of nitrogens with two attached hydrogens (primary N) is 1. The number of benzene rings is 1. The standard InChI is InChI=1S/C14H20N4S/c1-3-9-18(14-16-13(4-2)17-19-14)10-11-5-7-12(15)8-6-11/h5-8H,3-4,9-10,15H2,1-2H3. The van der Waals surface area contributed by atoms with Crippen LogP contribution in [0, 0.1) is 0 Å². The number of aromatic nitrogens is 2. The maximum Gasteiger partial charge on any atom is 0.205 e. The van der Waals surface area contributed by atoms with E-state index in [1.807, 2.05) is 12.1 Å². The predicted molar refractivity (Wildman–Crippen MR) is 81.5 cm³/mol. The van der Waals surface area contributed by atoms with Crippen molar-refractivity contribution in [1.29, 1.82) is 0 Å². The van der Waals surface area contributed by atoms with Crippen molar-refractivity contribution in [1.82, 2.24) is 9.36 Å². The van der Waals surface area contributed by atoms with Gasteiger partial charge in [0.15, 0.2) is 0 Å². The van der Waals surface area contributed by atoms with Crippen molar-refractivity contribution in [2.24, 2.45) is 0 Å². The Bertz CT molecular complexity index is 506. The number of hydrogen-bond donors (Lipinski definition) is 1. The summed E-state index contributed by atoms with van der Waals surface area (Å²) in [5.41, 5.74) is 7.76. The van der Waals surface area contributed by atoms with Crippen molar-refractivity contribution >= 4 is 22.4 Å². The second-order valence-electron chi connectivity index (χ2n) is 4.51. The summed E-state index contributed by atoms with van der Waals surface area (Å²) in [6.07, 6.45) is 1.98. The van der Waals surface area contributed by atoms with Crippen LogP contribution in [-0.2, 0) is 13.0 Å². The molecule has 1 aromatic carbocycles. The molecule has 0 amide bonds. The molecule has 0 saturated heterocycles. The SMILES string of the molecule is CCCN(Cc1ccc(N)cc1)c1nc(CC)ns1. The van der Waals surface area contributed by atoms with Crippen molar-refractivity contribution in [2.75, 3.05) is 17.2 Å². The second-order valence-corrected chi connectivity index (χ2v) is 5.24. The molecule has 0 aliphatic carbocycles. The molecule has 1 aromatic heterocycles. The monoisotopic (exact) mass is 276 g/mol. The van der Waals surface area contributed by atoms with Crippen molar-refractivity contribution in [2.45, 2.75) is 33.2 Å². The van der Waals surface area contributed by atoms with Crippen LogP contribution in [0.15, 0.2) is 24.3 Å². The molecule has 19 heavy (non-hydrogen) atoms. The molecule has 1 heterocycles. The van der Waals surface area contributed by atoms with Crippen molar-refractivity contribution in [3.05, 3.63) is 35.7 Å². The summed E-state index contributed by atoms with van der Waals surface area (Å²) in [5.74, 6) is 0.929. The van der Waals surface area contributed by atoms with Gasteiger partial charge in [0.1, 0.15) is 5.82 Å². The molecule has 0 radical (unpaired) electrons. The molecule has 0 aliphatic heterocycles. The average Bonchev–Trinajstić information content (AvgIpc) is 2.89. The first kappa shape index (κ1) is 13.8. The Morgan fingerprint density at radius 1 is 1.21 bits per heavy atom. The Kier molecular flexibility index (Phi) is 4.74. The number of nitrogen functional groups attached to an aromatic ring is 1. The van der Waals surface area contributed by atoms with Crippen LogP contribution in [0.3, 0.4) is 0 Å². The van der Waals surface area contributed by atoms with E-state index in [-0.39, 0.29) is 0 Å². The molecular weight excluding hydrogens is 256 g/mol. The zero-order chi connectivity index (χ0) is 13.7. The van der Waals surface area contributed by atoms with Crippen LogP contribution in [0.1, 0.15) is 31.7 Å². The van der Waals surface area contributed by atoms with E-state index in [9.17, 15) is 0 Å². The van der Waals surface area contributed by atoms with E-state index in [2.05, 4.69) is 40.2 Å². The maximum absolute atomic E-state index is 5.71. The van der Waals surface area contributed by atoms with Crippen LogP contribution in [0.4, 0.5) is 10.8 Å². The van der Waals surface area contributed by atoms with Crippen molar-refractivity contribution < 1.29 is 0 Å². The van der Waals surface area contributed by atoms with E-state index in [0.29, 0.717) is 0 Å². The Hall–Kier alpha value is -1.62. The van der Waals surface area contributed by atoms with Crippen LogP contribution >= 0.6 is 11.5 Å². The van der Waals surface area contributed by atoms with Crippen LogP contribution in [-0.4, -0.2) is 15.9 Å². The molecule has 102 valence electrons. The summed E-state index contributed by atoms with van der Waals surface area (Å²) in [5, 5.41) is 1.01. The molecule has 0 unspecified atom stereocenters. The van der Waals surface area contributed by atoms with E-state index < -0.39 is 0 Å². The number of nitrogens with zero attached hydrogens (tertiary/aromatic N) is 3. The summed E-state index contributed by atoms with van der Waals surface area (Å²) < 4.78 is 4.36. The highest BCUT2D eigenvalue weighted by molar-refractivity contribution is 7.09. The van der Waals surface area contributed by atoms with Gasteiger partial charge in [-0.05, 0) is 24.1 Å². The fourth-order valence-corrected chi connectivity index (χ4v) is 2.65. The van der Waals surface area contributed by atoms with Gasteiger partial charge < -0.3 is 10.6 Å². The van der Waals surface area contributed by atoms with E-state index in [4.69, 9.17) is 5.73 Å². The first-order valence-electron chi connectivity index (χ1n) is 6.64. The van der Waals surface area contributed by atoms with E-state index >= 15 is 0 Å². The van der Waals surface area contributed by atoms with Crippen LogP contribution in [0.2, 0.25) is 0 Å². The molecule has 0 saturated carbocycles. The summed E-state index contributed by atoms with van der Waals surface area (Å²) in [7, 11) is 0. The minimum atomic E-state index is 0.801. The fraction of sp³-hybridized carbons (Fsp3) is 0.429. The van der Waals surface area contributed by atoms with Gasteiger partial charge in [-0.2, -0.15) is 4.37 Å². The third-order valence-corrected chi connectivity index (χ3v) is 3.71. The lowest BCUT2D eigenvalue weighted by Crippen LogP contribution is -2.23. The van der Waals surface area contributed by atoms with Crippen LogP contribution in [0.25, 0.3) is 0 Å². The Labute approximate surface area is 118 Å². The number of hydrogen-bond acceptors (Lipinski definition) is 5. The second kappa shape index (κ2) is 6.52. The highest BCUT2D eigenvalue weighted by Crippen LogP contribution is 2.20. The molecule has 2 rings (SSSR count). The lowest BCUT2D eigenvalue weighted by Gasteiger charge is -2.20. The zero-order valence-corrected chi connectivity index (χ0v) is 12.3. The van der Waals surface area contributed by atoms with Gasteiger partial charge in [-0.15, -0.1) is 0 Å².